The van der Waals surface area contributed by atoms with E-state index >= 15 is 0 Å². The van der Waals surface area contributed by atoms with Crippen molar-refractivity contribution in [2.45, 2.75) is 32.2 Å². The van der Waals surface area contributed by atoms with Gasteiger partial charge in [0, 0.05) is 31.7 Å². The lowest BCUT2D eigenvalue weighted by molar-refractivity contribution is -0.123. The smallest absolute Gasteiger partial charge is 0.262 e. The van der Waals surface area contributed by atoms with Crippen LogP contribution in [0.5, 0.6) is 0 Å². The van der Waals surface area contributed by atoms with Crippen LogP contribution >= 0.6 is 24.8 Å². The Morgan fingerprint density at radius 3 is 2.58 bits per heavy atom. The first-order valence-electron chi connectivity index (χ1n) is 7.62. The molecule has 0 spiro atoms. The van der Waals surface area contributed by atoms with Crippen molar-refractivity contribution < 1.29 is 13.6 Å². The number of nitrogens with one attached hydrogen (secondary N) is 2. The van der Waals surface area contributed by atoms with Gasteiger partial charge in [-0.15, -0.1) is 24.8 Å². The number of carbonyl (C=O) groups excluding carboxylic acids is 1. The monoisotopic (exact) mass is 383 g/mol. The number of aryl methyl sites for hydroxylation is 1. The summed E-state index contributed by atoms with van der Waals surface area (Å²) in [5.41, 5.74) is 2.30. The van der Waals surface area contributed by atoms with Gasteiger partial charge < -0.3 is 10.2 Å². The molecule has 0 aliphatic carbocycles. The molecule has 0 aromatic heterocycles. The predicted molar refractivity (Wildman–Crippen MR) is 97.9 cm³/mol. The molecular weight excluding hydrogens is 359 g/mol. The van der Waals surface area contributed by atoms with Crippen molar-refractivity contribution >= 4 is 36.4 Å². The maximum Gasteiger partial charge on any atom is 0.262 e. The molecule has 2 rings (SSSR count). The van der Waals surface area contributed by atoms with Crippen LogP contribution in [-0.2, 0) is 4.79 Å². The second-order valence-corrected chi connectivity index (χ2v) is 5.65. The minimum absolute atomic E-state index is 0. The first-order chi connectivity index (χ1) is 10.4. The van der Waals surface area contributed by atoms with Gasteiger partial charge in [0.2, 0.25) is 5.91 Å². The molecule has 0 bridgehead atoms. The summed E-state index contributed by atoms with van der Waals surface area (Å²) in [4.78, 5) is 14.0. The lowest BCUT2D eigenvalue weighted by atomic mass is 10.1. The Morgan fingerprint density at radius 1 is 1.38 bits per heavy atom. The second kappa shape index (κ2) is 10.0. The minimum Gasteiger partial charge on any atom is -0.370 e. The van der Waals surface area contributed by atoms with Crippen LogP contribution in [0.1, 0.15) is 18.9 Å². The van der Waals surface area contributed by atoms with Crippen LogP contribution in [0.25, 0.3) is 0 Å². The highest BCUT2D eigenvalue weighted by molar-refractivity contribution is 5.85. The minimum atomic E-state index is -2.78. The molecule has 1 aliphatic rings. The van der Waals surface area contributed by atoms with Crippen molar-refractivity contribution in [1.29, 1.82) is 0 Å². The Balaban J connectivity index is 0.00000264. The Labute approximate surface area is 154 Å². The van der Waals surface area contributed by atoms with E-state index < -0.39 is 24.9 Å². The van der Waals surface area contributed by atoms with Crippen LogP contribution in [0.15, 0.2) is 24.3 Å². The van der Waals surface area contributed by atoms with E-state index in [0.29, 0.717) is 13.1 Å². The molecule has 4 nitrogen and oxygen atoms in total. The van der Waals surface area contributed by atoms with Gasteiger partial charge in [0.15, 0.2) is 0 Å². The number of para-hydroxylation sites is 1. The van der Waals surface area contributed by atoms with Gasteiger partial charge >= 0.3 is 0 Å². The lowest BCUT2D eigenvalue weighted by Crippen LogP contribution is -2.43. The zero-order valence-corrected chi connectivity index (χ0v) is 15.5. The highest BCUT2D eigenvalue weighted by Gasteiger charge is 2.42. The van der Waals surface area contributed by atoms with E-state index in [9.17, 15) is 13.6 Å². The maximum absolute atomic E-state index is 13.1. The number of carbonyl (C=O) groups is 1. The number of rotatable bonds is 6. The molecule has 1 heterocycles. The average molecular weight is 384 g/mol. The summed E-state index contributed by atoms with van der Waals surface area (Å²) >= 11 is 0. The molecule has 1 atom stereocenters. The summed E-state index contributed by atoms with van der Waals surface area (Å²) in [7, 11) is 0. The summed E-state index contributed by atoms with van der Waals surface area (Å²) in [6.45, 7) is 5.57. The highest BCUT2D eigenvalue weighted by Crippen LogP contribution is 2.25. The molecular formula is C16H25Cl2F2N3O. The van der Waals surface area contributed by atoms with E-state index in [0.717, 1.165) is 12.2 Å². The molecule has 1 saturated heterocycles. The standard InChI is InChI=1S/C16H23F2N3O.2ClH/c1-3-21(14-7-5-4-6-12(14)2)9-8-19-15(22)13-10-16(17,18)11-20-13;;/h4-7,13,20H,3,8-11H2,1-2H3,(H,19,22);2*1H. The molecule has 1 aromatic rings. The van der Waals surface area contributed by atoms with Gasteiger partial charge in [-0.05, 0) is 25.5 Å². The summed E-state index contributed by atoms with van der Waals surface area (Å²) in [6.07, 6.45) is -0.423. The van der Waals surface area contributed by atoms with E-state index in [-0.39, 0.29) is 30.7 Å². The van der Waals surface area contributed by atoms with Gasteiger partial charge in [-0.1, -0.05) is 18.2 Å². The molecule has 2 N–H and O–H groups in total. The van der Waals surface area contributed by atoms with Gasteiger partial charge in [-0.3, -0.25) is 10.1 Å². The third-order valence-corrected chi connectivity index (χ3v) is 3.95. The Kier molecular flexibility index (Phi) is 9.55. The van der Waals surface area contributed by atoms with Crippen molar-refractivity contribution in [1.82, 2.24) is 10.6 Å². The molecule has 1 unspecified atom stereocenters. The van der Waals surface area contributed by atoms with Gasteiger partial charge in [-0.2, -0.15) is 0 Å². The van der Waals surface area contributed by atoms with Crippen LogP contribution in [0.2, 0.25) is 0 Å². The Hall–Kier alpha value is -1.11. The molecule has 1 aliphatic heterocycles. The van der Waals surface area contributed by atoms with Crippen molar-refractivity contribution in [3.63, 3.8) is 0 Å². The predicted octanol–water partition coefficient (Wildman–Crippen LogP) is 2.78. The van der Waals surface area contributed by atoms with E-state index in [1.165, 1.54) is 5.56 Å². The van der Waals surface area contributed by atoms with Crippen LogP contribution in [-0.4, -0.2) is 44.1 Å². The van der Waals surface area contributed by atoms with E-state index in [2.05, 4.69) is 15.5 Å². The van der Waals surface area contributed by atoms with Crippen LogP contribution in [0.4, 0.5) is 14.5 Å². The molecule has 24 heavy (non-hydrogen) atoms. The third kappa shape index (κ3) is 6.07. The van der Waals surface area contributed by atoms with Gasteiger partial charge in [-0.25, -0.2) is 8.78 Å². The van der Waals surface area contributed by atoms with Gasteiger partial charge in [0.05, 0.1) is 12.6 Å². The molecule has 0 radical (unpaired) electrons. The zero-order valence-electron chi connectivity index (χ0n) is 13.9. The number of anilines is 1. The number of halogens is 4. The number of hydrogen-bond donors (Lipinski definition) is 2. The largest absolute Gasteiger partial charge is 0.370 e. The molecule has 1 amide bonds. The first kappa shape index (κ1) is 22.9. The summed E-state index contributed by atoms with van der Waals surface area (Å²) < 4.78 is 26.1. The molecule has 1 fully saturated rings. The number of benzene rings is 1. The average Bonchev–Trinajstić information content (AvgIpc) is 2.85. The number of hydrogen-bond acceptors (Lipinski definition) is 3. The highest BCUT2D eigenvalue weighted by atomic mass is 35.5. The quantitative estimate of drug-likeness (QED) is 0.793. The fourth-order valence-corrected chi connectivity index (χ4v) is 2.71. The number of likely N-dealkylation sites (N-methyl/N-ethyl adjacent to an activating group) is 1. The van der Waals surface area contributed by atoms with E-state index in [1.54, 1.807) is 0 Å². The summed E-state index contributed by atoms with van der Waals surface area (Å²) in [5.74, 6) is -3.13. The lowest BCUT2D eigenvalue weighted by Gasteiger charge is -2.25. The fourth-order valence-electron chi connectivity index (χ4n) is 2.71. The number of nitrogens with zero attached hydrogens (tertiary/aromatic N) is 1. The molecule has 0 saturated carbocycles. The van der Waals surface area contributed by atoms with Gasteiger partial charge in [0.25, 0.3) is 5.92 Å². The third-order valence-electron chi connectivity index (χ3n) is 3.95. The van der Waals surface area contributed by atoms with Crippen LogP contribution < -0.4 is 15.5 Å². The Bertz CT molecular complexity index is 532. The van der Waals surface area contributed by atoms with E-state index in [4.69, 9.17) is 0 Å². The SMILES string of the molecule is CCN(CCNC(=O)C1CC(F)(F)CN1)c1ccccc1C.Cl.Cl. The zero-order chi connectivity index (χ0) is 16.2. The van der Waals surface area contributed by atoms with Crippen molar-refractivity contribution in [2.75, 3.05) is 31.1 Å². The van der Waals surface area contributed by atoms with Crippen molar-refractivity contribution in [2.24, 2.45) is 0 Å². The second-order valence-electron chi connectivity index (χ2n) is 5.65. The number of alkyl halides is 2. The molecule has 1 aromatic carbocycles. The Morgan fingerprint density at radius 2 is 2.04 bits per heavy atom. The van der Waals surface area contributed by atoms with Gasteiger partial charge in [0.1, 0.15) is 0 Å². The first-order valence-corrected chi connectivity index (χ1v) is 7.62. The fraction of sp³-hybridized carbons (Fsp3) is 0.562. The van der Waals surface area contributed by atoms with E-state index in [1.807, 2.05) is 38.1 Å². The van der Waals surface area contributed by atoms with Crippen LogP contribution in [0, 0.1) is 6.92 Å². The van der Waals surface area contributed by atoms with Crippen LogP contribution in [0.3, 0.4) is 0 Å². The summed E-state index contributed by atoms with van der Waals surface area (Å²) in [5, 5.41) is 5.30. The summed E-state index contributed by atoms with van der Waals surface area (Å²) in [6, 6.07) is 7.26. The van der Waals surface area contributed by atoms with Crippen molar-refractivity contribution in [3.8, 4) is 0 Å². The topological polar surface area (TPSA) is 44.4 Å². The molecule has 138 valence electrons. The molecule has 8 heteroatoms. The normalized spacial score (nSPS) is 18.2. The number of amides is 1. The van der Waals surface area contributed by atoms with Crippen molar-refractivity contribution in [3.05, 3.63) is 29.8 Å². The maximum atomic E-state index is 13.1.